The highest BCUT2D eigenvalue weighted by Crippen LogP contribution is 2.18. The van der Waals surface area contributed by atoms with Gasteiger partial charge in [0.1, 0.15) is 0 Å². The number of hydrogen-bond donors (Lipinski definition) is 1. The molecule has 0 saturated carbocycles. The van der Waals surface area contributed by atoms with Gasteiger partial charge in [0, 0.05) is 11.6 Å². The smallest absolute Gasteiger partial charge is 0.333 e. The largest absolute Gasteiger partial charge is 0.463 e. The molecule has 0 unspecified atom stereocenters. The van der Waals surface area contributed by atoms with Crippen molar-refractivity contribution in [3.8, 4) is 0 Å². The predicted octanol–water partition coefficient (Wildman–Crippen LogP) is 2.20. The normalized spacial score (nSPS) is 11.9. The quantitative estimate of drug-likeness (QED) is 0.610. The second-order valence-corrected chi connectivity index (χ2v) is 3.55. The summed E-state index contributed by atoms with van der Waals surface area (Å²) >= 11 is 0. The van der Waals surface area contributed by atoms with E-state index in [0.29, 0.717) is 18.6 Å². The highest BCUT2D eigenvalue weighted by atomic mass is 16.5. The average Bonchev–Trinajstić information content (AvgIpc) is 2.30. The van der Waals surface area contributed by atoms with Gasteiger partial charge in [0.25, 0.3) is 0 Å². The van der Waals surface area contributed by atoms with E-state index in [9.17, 15) is 4.79 Å². The third-order valence-corrected chi connectivity index (χ3v) is 2.26. The molecule has 0 spiro atoms. The van der Waals surface area contributed by atoms with E-state index in [4.69, 9.17) is 10.5 Å². The molecule has 0 fully saturated rings. The molecule has 0 bridgehead atoms. The Kier molecular flexibility index (Phi) is 4.73. The van der Waals surface area contributed by atoms with Gasteiger partial charge in [0.15, 0.2) is 0 Å². The van der Waals surface area contributed by atoms with Crippen LogP contribution in [0.5, 0.6) is 0 Å². The van der Waals surface area contributed by atoms with Crippen molar-refractivity contribution in [3.05, 3.63) is 48.0 Å². The predicted molar refractivity (Wildman–Crippen MR) is 63.8 cm³/mol. The van der Waals surface area contributed by atoms with Crippen LogP contribution in [0.1, 0.15) is 24.9 Å². The molecule has 0 heterocycles. The zero-order chi connectivity index (χ0) is 12.0. The summed E-state index contributed by atoms with van der Waals surface area (Å²) in [4.78, 5) is 11.3. The molecule has 0 saturated heterocycles. The Bertz CT molecular complexity index is 359. The van der Waals surface area contributed by atoms with E-state index < -0.39 is 0 Å². The molecule has 3 heteroatoms. The van der Waals surface area contributed by atoms with Gasteiger partial charge < -0.3 is 10.5 Å². The third kappa shape index (κ3) is 3.51. The second-order valence-electron chi connectivity index (χ2n) is 3.55. The van der Waals surface area contributed by atoms with Gasteiger partial charge in [-0.1, -0.05) is 36.9 Å². The van der Waals surface area contributed by atoms with Crippen LogP contribution < -0.4 is 5.73 Å². The van der Waals surface area contributed by atoms with Crippen LogP contribution in [-0.4, -0.2) is 12.6 Å². The first-order valence-corrected chi connectivity index (χ1v) is 5.30. The molecule has 0 radical (unpaired) electrons. The molecule has 0 aliphatic rings. The van der Waals surface area contributed by atoms with Crippen LogP contribution in [0.25, 0.3) is 0 Å². The molecule has 0 amide bonds. The van der Waals surface area contributed by atoms with Crippen LogP contribution in [0, 0.1) is 0 Å². The lowest BCUT2D eigenvalue weighted by Gasteiger charge is -2.12. The van der Waals surface area contributed by atoms with E-state index in [1.54, 1.807) is 6.92 Å². The summed E-state index contributed by atoms with van der Waals surface area (Å²) < 4.78 is 4.85. The number of carbonyl (C=O) groups is 1. The number of nitrogens with two attached hydrogens (primary N) is 1. The molecule has 0 aliphatic heterocycles. The highest BCUT2D eigenvalue weighted by Gasteiger charge is 2.13. The van der Waals surface area contributed by atoms with Crippen molar-refractivity contribution in [2.75, 3.05) is 6.61 Å². The van der Waals surface area contributed by atoms with Crippen molar-refractivity contribution in [1.82, 2.24) is 0 Å². The van der Waals surface area contributed by atoms with Gasteiger partial charge in [-0.25, -0.2) is 4.79 Å². The minimum Gasteiger partial charge on any atom is -0.463 e. The van der Waals surface area contributed by atoms with Gasteiger partial charge in [0.05, 0.1) is 6.61 Å². The van der Waals surface area contributed by atoms with Gasteiger partial charge in [-0.3, -0.25) is 0 Å². The zero-order valence-electron chi connectivity index (χ0n) is 9.48. The Morgan fingerprint density at radius 3 is 2.62 bits per heavy atom. The van der Waals surface area contributed by atoms with E-state index in [2.05, 4.69) is 6.58 Å². The zero-order valence-corrected chi connectivity index (χ0v) is 9.48. The summed E-state index contributed by atoms with van der Waals surface area (Å²) in [7, 11) is 0. The van der Waals surface area contributed by atoms with E-state index in [0.717, 1.165) is 5.56 Å². The van der Waals surface area contributed by atoms with E-state index >= 15 is 0 Å². The molecule has 0 aliphatic carbocycles. The van der Waals surface area contributed by atoms with Crippen LogP contribution in [-0.2, 0) is 9.53 Å². The van der Waals surface area contributed by atoms with E-state index in [1.165, 1.54) is 0 Å². The third-order valence-electron chi connectivity index (χ3n) is 2.26. The minimum atomic E-state index is -0.367. The van der Waals surface area contributed by atoms with Crippen molar-refractivity contribution in [3.63, 3.8) is 0 Å². The van der Waals surface area contributed by atoms with Crippen molar-refractivity contribution < 1.29 is 9.53 Å². The van der Waals surface area contributed by atoms with Crippen LogP contribution in [0.3, 0.4) is 0 Å². The Labute approximate surface area is 95.9 Å². The van der Waals surface area contributed by atoms with E-state index in [1.807, 2.05) is 30.3 Å². The summed E-state index contributed by atoms with van der Waals surface area (Å²) in [6, 6.07) is 9.42. The van der Waals surface area contributed by atoms with Crippen molar-refractivity contribution in [2.45, 2.75) is 19.4 Å². The monoisotopic (exact) mass is 219 g/mol. The fraction of sp³-hybridized carbons (Fsp3) is 0.308. The number of esters is 1. The summed E-state index contributed by atoms with van der Waals surface area (Å²) in [5.41, 5.74) is 7.37. The first-order valence-electron chi connectivity index (χ1n) is 5.30. The van der Waals surface area contributed by atoms with Gasteiger partial charge in [-0.05, 0) is 18.9 Å². The molecular weight excluding hydrogens is 202 g/mol. The number of rotatable bonds is 5. The molecule has 0 aromatic heterocycles. The second kappa shape index (κ2) is 6.08. The number of carbonyl (C=O) groups excluding carboxylic acids is 1. The summed E-state index contributed by atoms with van der Waals surface area (Å²) in [5, 5.41) is 0. The molecule has 1 aromatic carbocycles. The van der Waals surface area contributed by atoms with Gasteiger partial charge in [-0.15, -0.1) is 0 Å². The van der Waals surface area contributed by atoms with Gasteiger partial charge in [-0.2, -0.15) is 0 Å². The Morgan fingerprint density at radius 2 is 2.06 bits per heavy atom. The molecular formula is C13H17NO2. The van der Waals surface area contributed by atoms with Crippen LogP contribution in [0.15, 0.2) is 42.5 Å². The standard InChI is InChI=1S/C13H17NO2/c1-3-16-13(15)10(2)9-12(14)11-7-5-4-6-8-11/h4-8,12H,2-3,9,14H2,1H3/t12-/m0/s1. The van der Waals surface area contributed by atoms with Crippen molar-refractivity contribution in [2.24, 2.45) is 5.73 Å². The molecule has 1 rings (SSSR count). The van der Waals surface area contributed by atoms with Crippen LogP contribution in [0.2, 0.25) is 0 Å². The van der Waals surface area contributed by atoms with Crippen LogP contribution >= 0.6 is 0 Å². The molecule has 86 valence electrons. The fourth-order valence-corrected chi connectivity index (χ4v) is 1.40. The fourth-order valence-electron chi connectivity index (χ4n) is 1.40. The first kappa shape index (κ1) is 12.5. The minimum absolute atomic E-state index is 0.210. The lowest BCUT2D eigenvalue weighted by Crippen LogP contribution is -2.15. The first-order chi connectivity index (χ1) is 7.65. The maximum atomic E-state index is 11.3. The maximum Gasteiger partial charge on any atom is 0.333 e. The molecule has 2 N–H and O–H groups in total. The lowest BCUT2D eigenvalue weighted by molar-refractivity contribution is -0.138. The molecule has 16 heavy (non-hydrogen) atoms. The Morgan fingerprint density at radius 1 is 1.44 bits per heavy atom. The van der Waals surface area contributed by atoms with Crippen LogP contribution in [0.4, 0.5) is 0 Å². The van der Waals surface area contributed by atoms with Crippen molar-refractivity contribution >= 4 is 5.97 Å². The summed E-state index contributed by atoms with van der Waals surface area (Å²) in [5.74, 6) is -0.367. The van der Waals surface area contributed by atoms with E-state index in [-0.39, 0.29) is 12.0 Å². The molecule has 1 aromatic rings. The summed E-state index contributed by atoms with van der Waals surface area (Å²) in [6.45, 7) is 5.81. The highest BCUT2D eigenvalue weighted by molar-refractivity contribution is 5.87. The number of hydrogen-bond acceptors (Lipinski definition) is 3. The Balaban J connectivity index is 2.55. The number of benzene rings is 1. The van der Waals surface area contributed by atoms with Crippen molar-refractivity contribution in [1.29, 1.82) is 0 Å². The molecule has 3 nitrogen and oxygen atoms in total. The topological polar surface area (TPSA) is 52.3 Å². The Hall–Kier alpha value is -1.61. The SMILES string of the molecule is C=C(C[C@H](N)c1ccccc1)C(=O)OCC. The van der Waals surface area contributed by atoms with Gasteiger partial charge >= 0.3 is 5.97 Å². The van der Waals surface area contributed by atoms with Gasteiger partial charge in [0.2, 0.25) is 0 Å². The number of ether oxygens (including phenoxy) is 1. The average molecular weight is 219 g/mol. The lowest BCUT2D eigenvalue weighted by atomic mass is 10.0. The molecule has 1 atom stereocenters. The maximum absolute atomic E-state index is 11.3. The summed E-state index contributed by atoms with van der Waals surface area (Å²) in [6.07, 6.45) is 0.419.